The maximum atomic E-state index is 13.6. The molecule has 0 saturated carbocycles. The zero-order valence-electron chi connectivity index (χ0n) is 20.6. The van der Waals surface area contributed by atoms with Gasteiger partial charge in [0.1, 0.15) is 11.9 Å². The van der Waals surface area contributed by atoms with Gasteiger partial charge >= 0.3 is 19.2 Å². The predicted molar refractivity (Wildman–Crippen MR) is 127 cm³/mol. The Balaban J connectivity index is 2.81. The molecule has 0 radical (unpaired) electrons. The van der Waals surface area contributed by atoms with Crippen molar-refractivity contribution in [1.29, 1.82) is 0 Å². The normalized spacial score (nSPS) is 15.2. The van der Waals surface area contributed by atoms with Crippen LogP contribution in [0.1, 0.15) is 72.2 Å². The topological polar surface area (TPSA) is 85.7 Å². The van der Waals surface area contributed by atoms with Crippen molar-refractivity contribution in [3.63, 3.8) is 0 Å². The fourth-order valence-electron chi connectivity index (χ4n) is 3.59. The summed E-state index contributed by atoms with van der Waals surface area (Å²) in [5, 5.41) is 8.69. The molecule has 3 atom stereocenters. The van der Waals surface area contributed by atoms with Gasteiger partial charge in [0, 0.05) is 23.1 Å². The molecule has 1 aromatic heterocycles. The van der Waals surface area contributed by atoms with E-state index in [1.807, 2.05) is 40.7 Å². The third kappa shape index (κ3) is 5.48. The van der Waals surface area contributed by atoms with Crippen LogP contribution in [0.5, 0.6) is 5.75 Å². The summed E-state index contributed by atoms with van der Waals surface area (Å²) in [4.78, 5) is 18.3. The summed E-state index contributed by atoms with van der Waals surface area (Å²) in [6.45, 7) is 13.0. The smallest absolute Gasteiger partial charge is 0.420 e. The largest absolute Gasteiger partial charge is 0.529 e. The van der Waals surface area contributed by atoms with E-state index in [2.05, 4.69) is 0 Å². The highest BCUT2D eigenvalue weighted by Crippen LogP contribution is 2.47. The molecule has 0 aliphatic rings. The Morgan fingerprint density at radius 2 is 1.76 bits per heavy atom. The van der Waals surface area contributed by atoms with E-state index in [4.69, 9.17) is 14.2 Å². The van der Waals surface area contributed by atoms with E-state index in [-0.39, 0.29) is 29.3 Å². The van der Waals surface area contributed by atoms with Crippen molar-refractivity contribution >= 4 is 14.0 Å². The SMILES string of the molecule is CCC(C(=O)Oc1c(-c2ccc(F)cc2)cc(C(C)(C)C)nc1C(C)C)(C(C)O)[P+](=O)OC. The molecule has 2 aromatic rings. The lowest BCUT2D eigenvalue weighted by Crippen LogP contribution is -2.47. The van der Waals surface area contributed by atoms with Crippen molar-refractivity contribution in [3.05, 3.63) is 47.5 Å². The van der Waals surface area contributed by atoms with Gasteiger partial charge < -0.3 is 9.84 Å². The molecule has 0 spiro atoms. The first-order chi connectivity index (χ1) is 15.3. The first-order valence-electron chi connectivity index (χ1n) is 11.0. The minimum absolute atomic E-state index is 0.0446. The van der Waals surface area contributed by atoms with Gasteiger partial charge in [-0.1, -0.05) is 53.7 Å². The van der Waals surface area contributed by atoms with Crippen molar-refractivity contribution in [3.8, 4) is 16.9 Å². The lowest BCUT2D eigenvalue weighted by Gasteiger charge is -2.26. The van der Waals surface area contributed by atoms with Crippen LogP contribution in [0, 0.1) is 5.82 Å². The van der Waals surface area contributed by atoms with Crippen LogP contribution >= 0.6 is 8.03 Å². The average molecular weight is 479 g/mol. The number of aromatic nitrogens is 1. The Bertz CT molecular complexity index is 1010. The number of esters is 1. The number of halogens is 1. The fourth-order valence-corrected chi connectivity index (χ4v) is 4.67. The highest BCUT2D eigenvalue weighted by atomic mass is 31.1. The zero-order valence-corrected chi connectivity index (χ0v) is 21.5. The van der Waals surface area contributed by atoms with E-state index >= 15 is 0 Å². The van der Waals surface area contributed by atoms with Crippen LogP contribution in [0.15, 0.2) is 30.3 Å². The quantitative estimate of drug-likeness (QED) is 0.363. The van der Waals surface area contributed by atoms with Gasteiger partial charge in [0.25, 0.3) is 0 Å². The summed E-state index contributed by atoms with van der Waals surface area (Å²) >= 11 is 0. The van der Waals surface area contributed by atoms with Crippen molar-refractivity contribution in [1.82, 2.24) is 4.98 Å². The van der Waals surface area contributed by atoms with Crippen LogP contribution in [0.2, 0.25) is 0 Å². The predicted octanol–water partition coefficient (Wildman–Crippen LogP) is 6.13. The summed E-state index contributed by atoms with van der Waals surface area (Å²) in [5.74, 6) is -1.16. The van der Waals surface area contributed by atoms with Gasteiger partial charge in [0.05, 0.1) is 12.8 Å². The van der Waals surface area contributed by atoms with Crippen LogP contribution in [-0.2, 0) is 19.3 Å². The van der Waals surface area contributed by atoms with E-state index in [9.17, 15) is 18.9 Å². The van der Waals surface area contributed by atoms with Gasteiger partial charge in [0.15, 0.2) is 5.75 Å². The number of benzene rings is 1. The molecular formula is C25H34FNO5P+. The minimum Gasteiger partial charge on any atom is -0.420 e. The maximum Gasteiger partial charge on any atom is 0.529 e. The summed E-state index contributed by atoms with van der Waals surface area (Å²) in [6, 6.07) is 7.71. The summed E-state index contributed by atoms with van der Waals surface area (Å²) in [5.41, 5.74) is 2.23. The molecule has 0 amide bonds. The highest BCUT2D eigenvalue weighted by Gasteiger charge is 2.62. The maximum absolute atomic E-state index is 13.6. The number of carbonyl (C=O) groups excluding carboxylic acids is 1. The van der Waals surface area contributed by atoms with E-state index in [0.29, 0.717) is 16.8 Å². The second kappa shape index (κ2) is 10.4. The van der Waals surface area contributed by atoms with E-state index in [1.54, 1.807) is 19.1 Å². The molecule has 0 fully saturated rings. The summed E-state index contributed by atoms with van der Waals surface area (Å²) < 4.78 is 37.3. The molecule has 0 bridgehead atoms. The Hall–Kier alpha value is -2.21. The third-order valence-corrected chi connectivity index (χ3v) is 7.60. The van der Waals surface area contributed by atoms with Crippen LogP contribution in [0.25, 0.3) is 11.1 Å². The molecule has 0 aliphatic heterocycles. The van der Waals surface area contributed by atoms with Crippen LogP contribution in [0.3, 0.4) is 0 Å². The van der Waals surface area contributed by atoms with Gasteiger partial charge in [-0.25, -0.2) is 9.18 Å². The van der Waals surface area contributed by atoms with E-state index in [0.717, 1.165) is 5.69 Å². The van der Waals surface area contributed by atoms with Gasteiger partial charge in [-0.05, 0) is 41.2 Å². The number of pyridine rings is 1. The monoisotopic (exact) mass is 478 g/mol. The number of aliphatic hydroxyl groups is 1. The summed E-state index contributed by atoms with van der Waals surface area (Å²) in [6.07, 6.45) is -1.24. The number of hydrogen-bond acceptors (Lipinski definition) is 6. The second-order valence-electron chi connectivity index (χ2n) is 9.46. The first-order valence-corrected chi connectivity index (χ1v) is 12.2. The molecule has 3 unspecified atom stereocenters. The van der Waals surface area contributed by atoms with Crippen molar-refractivity contribution < 1.29 is 28.1 Å². The van der Waals surface area contributed by atoms with E-state index < -0.39 is 25.3 Å². The molecule has 8 heteroatoms. The van der Waals surface area contributed by atoms with Gasteiger partial charge in [-0.3, -0.25) is 4.98 Å². The molecule has 1 aromatic carbocycles. The summed E-state index contributed by atoms with van der Waals surface area (Å²) in [7, 11) is -1.34. The average Bonchev–Trinajstić information content (AvgIpc) is 2.73. The Morgan fingerprint density at radius 3 is 2.18 bits per heavy atom. The molecule has 180 valence electrons. The Morgan fingerprint density at radius 1 is 1.18 bits per heavy atom. The molecule has 1 N–H and O–H groups in total. The van der Waals surface area contributed by atoms with Gasteiger partial charge in [-0.2, -0.15) is 0 Å². The van der Waals surface area contributed by atoms with Crippen molar-refractivity contribution in [2.24, 2.45) is 0 Å². The number of rotatable bonds is 8. The van der Waals surface area contributed by atoms with Crippen LogP contribution < -0.4 is 4.74 Å². The lowest BCUT2D eigenvalue weighted by atomic mass is 9.88. The fraction of sp³-hybridized carbons (Fsp3) is 0.520. The molecule has 33 heavy (non-hydrogen) atoms. The van der Waals surface area contributed by atoms with Crippen LogP contribution in [0.4, 0.5) is 4.39 Å². The molecular weight excluding hydrogens is 444 g/mol. The lowest BCUT2D eigenvalue weighted by molar-refractivity contribution is -0.140. The van der Waals surface area contributed by atoms with Gasteiger partial charge in [-0.15, -0.1) is 4.52 Å². The molecule has 6 nitrogen and oxygen atoms in total. The number of ether oxygens (including phenoxy) is 1. The standard InChI is InChI=1S/C25H34FNO5P/c1-9-25(16(4)28,33(30)31-8)23(29)32-22-19(17-10-12-18(26)13-11-17)14-20(24(5,6)7)27-21(22)15(2)3/h10-16,28H,9H2,1-8H3/q+1. The van der Waals surface area contributed by atoms with E-state index in [1.165, 1.54) is 26.2 Å². The molecule has 2 rings (SSSR count). The van der Waals surface area contributed by atoms with Crippen molar-refractivity contribution in [2.45, 2.75) is 77.5 Å². The number of aliphatic hydroxyl groups excluding tert-OH is 1. The van der Waals surface area contributed by atoms with Crippen molar-refractivity contribution in [2.75, 3.05) is 7.11 Å². The number of hydrogen-bond donors (Lipinski definition) is 1. The molecule has 0 saturated heterocycles. The number of carbonyl (C=O) groups is 1. The minimum atomic E-state index is -2.56. The second-order valence-corrected chi connectivity index (χ2v) is 11.1. The number of nitrogens with zero attached hydrogens (tertiary/aromatic N) is 1. The third-order valence-electron chi connectivity index (χ3n) is 5.74. The molecule has 1 heterocycles. The Kier molecular flexibility index (Phi) is 8.50. The highest BCUT2D eigenvalue weighted by molar-refractivity contribution is 7.42. The zero-order chi connectivity index (χ0) is 25.1. The Labute approximate surface area is 196 Å². The van der Waals surface area contributed by atoms with Gasteiger partial charge in [0.2, 0.25) is 0 Å². The molecule has 0 aliphatic carbocycles. The van der Waals surface area contributed by atoms with Crippen LogP contribution in [-0.4, -0.2) is 34.4 Å². The first kappa shape index (κ1) is 27.0.